The number of ether oxygens (including phenoxy) is 2. The maximum atomic E-state index is 5.64. The standard InChI is InChI=1S/C16H26O2/c1-3-4-5-6-7-11-14-17-15(2)18-16-12-9-8-10-13-16/h8-10,12-13,15H,3-7,11,14H2,1-2H3. The quantitative estimate of drug-likeness (QED) is 0.439. The Hall–Kier alpha value is -1.02. The van der Waals surface area contributed by atoms with Crippen molar-refractivity contribution < 1.29 is 9.47 Å². The number of rotatable bonds is 10. The molecule has 0 saturated heterocycles. The Morgan fingerprint density at radius 3 is 2.33 bits per heavy atom. The lowest BCUT2D eigenvalue weighted by Crippen LogP contribution is -2.16. The molecule has 0 heterocycles. The first kappa shape index (κ1) is 15.0. The molecule has 2 nitrogen and oxygen atoms in total. The average Bonchev–Trinajstić information content (AvgIpc) is 2.39. The average molecular weight is 250 g/mol. The number of benzene rings is 1. The third-order valence-corrected chi connectivity index (χ3v) is 2.90. The molecule has 0 aliphatic rings. The first-order chi connectivity index (χ1) is 8.83. The third-order valence-electron chi connectivity index (χ3n) is 2.90. The summed E-state index contributed by atoms with van der Waals surface area (Å²) in [5.74, 6) is 0.868. The predicted octanol–water partition coefficient (Wildman–Crippen LogP) is 4.79. The summed E-state index contributed by atoms with van der Waals surface area (Å²) in [4.78, 5) is 0. The van der Waals surface area contributed by atoms with Gasteiger partial charge in [0.15, 0.2) is 6.29 Å². The molecule has 1 aromatic rings. The topological polar surface area (TPSA) is 18.5 Å². The maximum Gasteiger partial charge on any atom is 0.196 e. The molecule has 1 rings (SSSR count). The van der Waals surface area contributed by atoms with Crippen LogP contribution in [0.4, 0.5) is 0 Å². The van der Waals surface area contributed by atoms with Crippen molar-refractivity contribution in [3.63, 3.8) is 0 Å². The second-order valence-electron chi connectivity index (χ2n) is 4.64. The van der Waals surface area contributed by atoms with E-state index in [-0.39, 0.29) is 6.29 Å². The molecule has 0 aliphatic heterocycles. The zero-order valence-corrected chi connectivity index (χ0v) is 11.7. The molecule has 0 fully saturated rings. The molecule has 0 aliphatic carbocycles. The van der Waals surface area contributed by atoms with E-state index in [0.29, 0.717) is 0 Å². The van der Waals surface area contributed by atoms with E-state index in [1.807, 2.05) is 37.3 Å². The molecule has 0 N–H and O–H groups in total. The lowest BCUT2D eigenvalue weighted by molar-refractivity contribution is -0.0677. The second-order valence-corrected chi connectivity index (χ2v) is 4.64. The van der Waals surface area contributed by atoms with E-state index in [1.54, 1.807) is 0 Å². The summed E-state index contributed by atoms with van der Waals surface area (Å²) in [7, 11) is 0. The summed E-state index contributed by atoms with van der Waals surface area (Å²) < 4.78 is 11.3. The van der Waals surface area contributed by atoms with Crippen LogP contribution in [-0.4, -0.2) is 12.9 Å². The van der Waals surface area contributed by atoms with Crippen LogP contribution >= 0.6 is 0 Å². The molecule has 0 spiro atoms. The molecule has 102 valence electrons. The van der Waals surface area contributed by atoms with Gasteiger partial charge in [-0.05, 0) is 25.5 Å². The van der Waals surface area contributed by atoms with E-state index in [0.717, 1.165) is 18.8 Å². The van der Waals surface area contributed by atoms with Crippen LogP contribution in [0.5, 0.6) is 5.75 Å². The summed E-state index contributed by atoms with van der Waals surface area (Å²) in [6.07, 6.45) is 7.57. The largest absolute Gasteiger partial charge is 0.465 e. The Morgan fingerprint density at radius 2 is 1.61 bits per heavy atom. The Kier molecular flexibility index (Phi) is 8.32. The SMILES string of the molecule is CCCCCCCCOC(C)Oc1ccccc1. The van der Waals surface area contributed by atoms with E-state index in [9.17, 15) is 0 Å². The van der Waals surface area contributed by atoms with Gasteiger partial charge < -0.3 is 9.47 Å². The highest BCUT2D eigenvalue weighted by atomic mass is 16.7. The van der Waals surface area contributed by atoms with Crippen molar-refractivity contribution >= 4 is 0 Å². The highest BCUT2D eigenvalue weighted by Gasteiger charge is 2.02. The van der Waals surface area contributed by atoms with Gasteiger partial charge in [0.1, 0.15) is 5.75 Å². The predicted molar refractivity (Wildman–Crippen MR) is 75.9 cm³/mol. The molecule has 0 saturated carbocycles. The molecule has 18 heavy (non-hydrogen) atoms. The molecular formula is C16H26O2. The van der Waals surface area contributed by atoms with Crippen LogP contribution in [-0.2, 0) is 4.74 Å². The van der Waals surface area contributed by atoms with Crippen LogP contribution in [0.2, 0.25) is 0 Å². The van der Waals surface area contributed by atoms with Gasteiger partial charge in [0, 0.05) is 0 Å². The first-order valence-electron chi connectivity index (χ1n) is 7.16. The van der Waals surface area contributed by atoms with Gasteiger partial charge in [-0.1, -0.05) is 57.2 Å². The minimum Gasteiger partial charge on any atom is -0.465 e. The van der Waals surface area contributed by atoms with E-state index in [1.165, 1.54) is 32.1 Å². The summed E-state index contributed by atoms with van der Waals surface area (Å²) >= 11 is 0. The van der Waals surface area contributed by atoms with E-state index in [2.05, 4.69) is 6.92 Å². The smallest absolute Gasteiger partial charge is 0.196 e. The molecular weight excluding hydrogens is 224 g/mol. The second kappa shape index (κ2) is 9.95. The fraction of sp³-hybridized carbons (Fsp3) is 0.625. The molecule has 0 amide bonds. The van der Waals surface area contributed by atoms with Crippen LogP contribution in [0.1, 0.15) is 52.4 Å². The highest BCUT2D eigenvalue weighted by Crippen LogP contribution is 2.12. The number of para-hydroxylation sites is 1. The van der Waals surface area contributed by atoms with Crippen LogP contribution in [0.25, 0.3) is 0 Å². The van der Waals surface area contributed by atoms with Crippen LogP contribution < -0.4 is 4.74 Å². The Labute approximate surface area is 111 Å². The van der Waals surface area contributed by atoms with Crippen molar-refractivity contribution in [3.05, 3.63) is 30.3 Å². The van der Waals surface area contributed by atoms with Crippen LogP contribution in [0.15, 0.2) is 30.3 Å². The lowest BCUT2D eigenvalue weighted by atomic mass is 10.1. The number of hydrogen-bond acceptors (Lipinski definition) is 2. The molecule has 0 bridgehead atoms. The van der Waals surface area contributed by atoms with Gasteiger partial charge in [0.05, 0.1) is 6.61 Å². The molecule has 1 aromatic carbocycles. The first-order valence-corrected chi connectivity index (χ1v) is 7.16. The van der Waals surface area contributed by atoms with E-state index in [4.69, 9.17) is 9.47 Å². The van der Waals surface area contributed by atoms with Gasteiger partial charge in [0.25, 0.3) is 0 Å². The van der Waals surface area contributed by atoms with E-state index < -0.39 is 0 Å². The van der Waals surface area contributed by atoms with Gasteiger partial charge >= 0.3 is 0 Å². The fourth-order valence-corrected chi connectivity index (χ4v) is 1.86. The lowest BCUT2D eigenvalue weighted by Gasteiger charge is -2.15. The van der Waals surface area contributed by atoms with Gasteiger partial charge in [-0.3, -0.25) is 0 Å². The number of unbranched alkanes of at least 4 members (excludes halogenated alkanes) is 5. The minimum absolute atomic E-state index is 0.164. The van der Waals surface area contributed by atoms with Crippen LogP contribution in [0, 0.1) is 0 Å². The molecule has 0 aromatic heterocycles. The highest BCUT2D eigenvalue weighted by molar-refractivity contribution is 5.20. The van der Waals surface area contributed by atoms with Crippen molar-refractivity contribution in [2.24, 2.45) is 0 Å². The minimum atomic E-state index is -0.164. The molecule has 0 radical (unpaired) electrons. The van der Waals surface area contributed by atoms with Gasteiger partial charge in [-0.2, -0.15) is 0 Å². The summed E-state index contributed by atoms with van der Waals surface area (Å²) in [5.41, 5.74) is 0. The van der Waals surface area contributed by atoms with Crippen molar-refractivity contribution in [3.8, 4) is 5.75 Å². The van der Waals surface area contributed by atoms with Crippen molar-refractivity contribution in [1.82, 2.24) is 0 Å². The Balaban J connectivity index is 1.99. The fourth-order valence-electron chi connectivity index (χ4n) is 1.86. The zero-order chi connectivity index (χ0) is 13.1. The normalized spacial score (nSPS) is 12.3. The van der Waals surface area contributed by atoms with Gasteiger partial charge in [0.2, 0.25) is 0 Å². The summed E-state index contributed by atoms with van der Waals surface area (Å²) in [6, 6.07) is 9.81. The molecule has 1 atom stereocenters. The monoisotopic (exact) mass is 250 g/mol. The molecule has 1 unspecified atom stereocenters. The number of hydrogen-bond donors (Lipinski definition) is 0. The van der Waals surface area contributed by atoms with Crippen molar-refractivity contribution in [2.45, 2.75) is 58.7 Å². The summed E-state index contributed by atoms with van der Waals surface area (Å²) in [6.45, 7) is 4.98. The maximum absolute atomic E-state index is 5.64. The van der Waals surface area contributed by atoms with E-state index >= 15 is 0 Å². The van der Waals surface area contributed by atoms with Gasteiger partial charge in [-0.25, -0.2) is 0 Å². The van der Waals surface area contributed by atoms with Crippen molar-refractivity contribution in [2.75, 3.05) is 6.61 Å². The third kappa shape index (κ3) is 7.33. The Morgan fingerprint density at radius 1 is 0.944 bits per heavy atom. The van der Waals surface area contributed by atoms with Crippen LogP contribution in [0.3, 0.4) is 0 Å². The zero-order valence-electron chi connectivity index (χ0n) is 11.7. The van der Waals surface area contributed by atoms with Crippen molar-refractivity contribution in [1.29, 1.82) is 0 Å². The molecule has 2 heteroatoms. The van der Waals surface area contributed by atoms with Gasteiger partial charge in [-0.15, -0.1) is 0 Å². The summed E-state index contributed by atoms with van der Waals surface area (Å²) in [5, 5.41) is 0. The Bertz CT molecular complexity index is 284.